The molecule has 17 heavy (non-hydrogen) atoms. The van der Waals surface area contributed by atoms with Crippen molar-refractivity contribution >= 4 is 22.4 Å². The fourth-order valence-electron chi connectivity index (χ4n) is 1.66. The Morgan fingerprint density at radius 1 is 0.941 bits per heavy atom. The van der Waals surface area contributed by atoms with E-state index in [4.69, 9.17) is 0 Å². The smallest absolute Gasteiger partial charge is 0.174 e. The van der Waals surface area contributed by atoms with Crippen LogP contribution in [0.2, 0.25) is 0 Å². The van der Waals surface area contributed by atoms with E-state index in [1.54, 1.807) is 6.20 Å². The maximum atomic E-state index is 4.20. The lowest BCUT2D eigenvalue weighted by atomic mass is 10.2. The van der Waals surface area contributed by atoms with Crippen molar-refractivity contribution in [1.82, 2.24) is 9.97 Å². The zero-order valence-corrected chi connectivity index (χ0v) is 9.04. The van der Waals surface area contributed by atoms with E-state index in [1.807, 2.05) is 48.7 Å². The lowest BCUT2D eigenvalue weighted by Gasteiger charge is -1.90. The van der Waals surface area contributed by atoms with Gasteiger partial charge in [0.1, 0.15) is 5.69 Å². The molecule has 0 unspecified atom stereocenters. The number of nitrogens with one attached hydrogen (secondary N) is 1. The first-order valence-corrected chi connectivity index (χ1v) is 5.32. The normalized spacial score (nSPS) is 11.3. The number of nitrogens with zero attached hydrogens (tertiary/aromatic N) is 3. The minimum Gasteiger partial charge on any atom is -0.359 e. The highest BCUT2D eigenvalue weighted by Crippen LogP contribution is 2.26. The van der Waals surface area contributed by atoms with E-state index in [9.17, 15) is 0 Å². The highest BCUT2D eigenvalue weighted by atomic mass is 15.1. The van der Waals surface area contributed by atoms with Gasteiger partial charge in [-0.3, -0.25) is 0 Å². The van der Waals surface area contributed by atoms with Crippen LogP contribution in [-0.2, 0) is 0 Å². The Morgan fingerprint density at radius 3 is 2.71 bits per heavy atom. The van der Waals surface area contributed by atoms with Gasteiger partial charge in [-0.15, -0.1) is 10.2 Å². The van der Waals surface area contributed by atoms with Crippen LogP contribution in [-0.4, -0.2) is 9.97 Å². The lowest BCUT2D eigenvalue weighted by molar-refractivity contribution is 1.16. The second-order valence-corrected chi connectivity index (χ2v) is 3.61. The van der Waals surface area contributed by atoms with Gasteiger partial charge in [-0.1, -0.05) is 24.3 Å². The third-order valence-electron chi connectivity index (χ3n) is 2.48. The Kier molecular flexibility index (Phi) is 2.38. The van der Waals surface area contributed by atoms with Crippen molar-refractivity contribution in [2.24, 2.45) is 10.2 Å². The Bertz CT molecular complexity index is 655. The summed E-state index contributed by atoms with van der Waals surface area (Å²) < 4.78 is 0. The molecule has 0 atom stereocenters. The van der Waals surface area contributed by atoms with E-state index < -0.39 is 0 Å². The summed E-state index contributed by atoms with van der Waals surface area (Å²) in [6, 6.07) is 13.5. The molecule has 0 aliphatic carbocycles. The van der Waals surface area contributed by atoms with Crippen LogP contribution in [0, 0.1) is 0 Å². The SMILES string of the molecule is c1ccc(N=Nc2c[nH]c3ccccc23)nc1. The first kappa shape index (κ1) is 9.72. The Hall–Kier alpha value is -2.49. The van der Waals surface area contributed by atoms with Gasteiger partial charge in [0.15, 0.2) is 5.82 Å². The molecule has 0 amide bonds. The molecule has 0 saturated heterocycles. The molecule has 0 fully saturated rings. The maximum absolute atomic E-state index is 4.20. The van der Waals surface area contributed by atoms with Crippen LogP contribution in [0.4, 0.5) is 11.5 Å². The average molecular weight is 222 g/mol. The van der Waals surface area contributed by atoms with Crippen LogP contribution in [0.15, 0.2) is 65.1 Å². The molecule has 0 aliphatic rings. The second kappa shape index (κ2) is 4.17. The quantitative estimate of drug-likeness (QED) is 0.655. The van der Waals surface area contributed by atoms with Gasteiger partial charge in [0.05, 0.1) is 0 Å². The van der Waals surface area contributed by atoms with Gasteiger partial charge in [0.25, 0.3) is 0 Å². The molecule has 0 radical (unpaired) electrons. The van der Waals surface area contributed by atoms with Gasteiger partial charge in [0, 0.05) is 23.3 Å². The van der Waals surface area contributed by atoms with E-state index in [0.717, 1.165) is 16.6 Å². The molecule has 82 valence electrons. The minimum absolute atomic E-state index is 0.609. The second-order valence-electron chi connectivity index (χ2n) is 3.61. The van der Waals surface area contributed by atoms with Crippen LogP contribution in [0.3, 0.4) is 0 Å². The fraction of sp³-hybridized carbons (Fsp3) is 0. The van der Waals surface area contributed by atoms with E-state index in [0.29, 0.717) is 5.82 Å². The number of aromatic amines is 1. The molecular weight excluding hydrogens is 212 g/mol. The number of rotatable bonds is 2. The summed E-state index contributed by atoms with van der Waals surface area (Å²) in [6.45, 7) is 0. The van der Waals surface area contributed by atoms with Crippen LogP contribution in [0.5, 0.6) is 0 Å². The van der Waals surface area contributed by atoms with E-state index in [2.05, 4.69) is 20.2 Å². The van der Waals surface area contributed by atoms with Crippen molar-refractivity contribution in [3.63, 3.8) is 0 Å². The number of hydrogen-bond acceptors (Lipinski definition) is 3. The molecule has 0 spiro atoms. The van der Waals surface area contributed by atoms with E-state index in [1.165, 1.54) is 0 Å². The summed E-state index contributed by atoms with van der Waals surface area (Å²) in [7, 11) is 0. The third-order valence-corrected chi connectivity index (χ3v) is 2.48. The van der Waals surface area contributed by atoms with Gasteiger partial charge < -0.3 is 4.98 Å². The van der Waals surface area contributed by atoms with Crippen molar-refractivity contribution in [3.05, 3.63) is 54.9 Å². The van der Waals surface area contributed by atoms with Crippen LogP contribution in [0.25, 0.3) is 10.9 Å². The highest BCUT2D eigenvalue weighted by Gasteiger charge is 2.00. The van der Waals surface area contributed by atoms with Gasteiger partial charge >= 0.3 is 0 Å². The predicted molar refractivity (Wildman–Crippen MR) is 66.7 cm³/mol. The topological polar surface area (TPSA) is 53.4 Å². The van der Waals surface area contributed by atoms with Crippen molar-refractivity contribution in [2.75, 3.05) is 0 Å². The molecule has 0 aliphatic heterocycles. The molecule has 1 N–H and O–H groups in total. The number of pyridine rings is 1. The minimum atomic E-state index is 0.609. The number of benzene rings is 1. The first-order valence-electron chi connectivity index (χ1n) is 5.32. The lowest BCUT2D eigenvalue weighted by Crippen LogP contribution is -1.68. The first-order chi connectivity index (χ1) is 8.43. The molecule has 2 heterocycles. The monoisotopic (exact) mass is 222 g/mol. The Labute approximate surface area is 98.0 Å². The highest BCUT2D eigenvalue weighted by molar-refractivity contribution is 5.90. The molecular formula is C13H10N4. The van der Waals surface area contributed by atoms with Gasteiger partial charge in [-0.05, 0) is 18.2 Å². The molecule has 3 rings (SSSR count). The van der Waals surface area contributed by atoms with Gasteiger partial charge in [-0.25, -0.2) is 4.98 Å². The van der Waals surface area contributed by atoms with Gasteiger partial charge in [0.2, 0.25) is 0 Å². The van der Waals surface area contributed by atoms with Crippen molar-refractivity contribution < 1.29 is 0 Å². The number of hydrogen-bond donors (Lipinski definition) is 1. The van der Waals surface area contributed by atoms with Gasteiger partial charge in [-0.2, -0.15) is 0 Å². The van der Waals surface area contributed by atoms with Crippen molar-refractivity contribution in [3.8, 4) is 0 Å². The summed E-state index contributed by atoms with van der Waals surface area (Å²) in [4.78, 5) is 7.24. The van der Waals surface area contributed by atoms with E-state index >= 15 is 0 Å². The maximum Gasteiger partial charge on any atom is 0.174 e. The summed E-state index contributed by atoms with van der Waals surface area (Å²) >= 11 is 0. The number of H-pyrrole nitrogens is 1. The summed E-state index contributed by atoms with van der Waals surface area (Å²) in [5.74, 6) is 0.609. The zero-order chi connectivity index (χ0) is 11.5. The molecule has 2 aromatic heterocycles. The molecule has 4 heteroatoms. The zero-order valence-electron chi connectivity index (χ0n) is 9.04. The molecule has 0 saturated carbocycles. The number of azo groups is 1. The number of aromatic nitrogens is 2. The standard InChI is InChI=1S/C13H10N4/c1-2-6-11-10(5-1)12(9-15-11)16-17-13-7-3-4-8-14-13/h1-9,15H. The van der Waals surface area contributed by atoms with Crippen LogP contribution in [0.1, 0.15) is 0 Å². The summed E-state index contributed by atoms with van der Waals surface area (Å²) in [5.41, 5.74) is 1.88. The average Bonchev–Trinajstić information content (AvgIpc) is 2.81. The molecule has 4 nitrogen and oxygen atoms in total. The van der Waals surface area contributed by atoms with E-state index in [-0.39, 0.29) is 0 Å². The molecule has 1 aromatic carbocycles. The fourth-order valence-corrected chi connectivity index (χ4v) is 1.66. The number of para-hydroxylation sites is 1. The van der Waals surface area contributed by atoms with Crippen LogP contribution >= 0.6 is 0 Å². The molecule has 0 bridgehead atoms. The Balaban J connectivity index is 1.98. The van der Waals surface area contributed by atoms with Crippen LogP contribution < -0.4 is 0 Å². The number of fused-ring (bicyclic) bond motifs is 1. The third kappa shape index (κ3) is 1.92. The van der Waals surface area contributed by atoms with Crippen molar-refractivity contribution in [2.45, 2.75) is 0 Å². The Morgan fingerprint density at radius 2 is 1.82 bits per heavy atom. The summed E-state index contributed by atoms with van der Waals surface area (Å²) in [6.07, 6.45) is 3.54. The predicted octanol–water partition coefficient (Wildman–Crippen LogP) is 3.98. The molecule has 3 aromatic rings. The van der Waals surface area contributed by atoms with Crippen molar-refractivity contribution in [1.29, 1.82) is 0 Å². The summed E-state index contributed by atoms with van der Waals surface area (Å²) in [5, 5.41) is 9.35. The largest absolute Gasteiger partial charge is 0.359 e.